The van der Waals surface area contributed by atoms with Crippen LogP contribution in [0.15, 0.2) is 54.6 Å². The lowest BCUT2D eigenvalue weighted by atomic mass is 10.1. The van der Waals surface area contributed by atoms with E-state index < -0.39 is 12.1 Å². The van der Waals surface area contributed by atoms with E-state index in [1.165, 1.54) is 0 Å². The van der Waals surface area contributed by atoms with Gasteiger partial charge in [-0.15, -0.1) is 0 Å². The Morgan fingerprint density at radius 1 is 1.09 bits per heavy atom. The quantitative estimate of drug-likeness (QED) is 0.575. The van der Waals surface area contributed by atoms with Crippen LogP contribution in [0.2, 0.25) is 5.02 Å². The average molecular weight is 328 g/mol. The van der Waals surface area contributed by atoms with Gasteiger partial charge in [0.25, 0.3) is 0 Å². The molecular formula is C18H14ClNO3. The van der Waals surface area contributed by atoms with Crippen LogP contribution in [0.1, 0.15) is 27.8 Å². The molecular weight excluding hydrogens is 314 g/mol. The first-order valence-electron chi connectivity index (χ1n) is 7.13. The Balaban J connectivity index is 1.73. The number of Topliss-reactive ketones (excluding diaryl/α,β-unsaturated/α-hetero) is 1. The Bertz CT molecular complexity index is 834. The zero-order valence-corrected chi connectivity index (χ0v) is 13.1. The molecule has 1 N–H and O–H groups in total. The second kappa shape index (κ2) is 6.26. The number of ketones is 1. The van der Waals surface area contributed by atoms with Crippen molar-refractivity contribution < 1.29 is 14.3 Å². The summed E-state index contributed by atoms with van der Waals surface area (Å²) in [6.07, 6.45) is -0.880. The van der Waals surface area contributed by atoms with Crippen molar-refractivity contribution in [2.24, 2.45) is 0 Å². The lowest BCUT2D eigenvalue weighted by Crippen LogP contribution is -2.24. The molecule has 1 aromatic heterocycles. The number of rotatable bonds is 4. The predicted octanol–water partition coefficient (Wildman–Crippen LogP) is 4.25. The van der Waals surface area contributed by atoms with Crippen molar-refractivity contribution in [3.8, 4) is 0 Å². The summed E-state index contributed by atoms with van der Waals surface area (Å²) in [4.78, 5) is 27.4. The highest BCUT2D eigenvalue weighted by molar-refractivity contribution is 6.30. The van der Waals surface area contributed by atoms with E-state index in [1.54, 1.807) is 37.3 Å². The Hall–Kier alpha value is -2.59. The minimum atomic E-state index is -0.880. The summed E-state index contributed by atoms with van der Waals surface area (Å²) in [7, 11) is 0. The molecule has 0 spiro atoms. The minimum absolute atomic E-state index is 0.272. The normalized spacial score (nSPS) is 12.1. The van der Waals surface area contributed by atoms with E-state index in [9.17, 15) is 9.59 Å². The Kier molecular flexibility index (Phi) is 4.17. The standard InChI is InChI=1S/C18H14ClNO3/c1-11(17(21)12-6-8-14(19)9-7-12)23-18(22)16-10-13-4-2-3-5-15(13)20-16/h2-11,20H,1H3/t11-/m1/s1. The second-order valence-corrected chi connectivity index (χ2v) is 5.63. The number of carbonyl (C=O) groups is 2. The molecule has 3 rings (SSSR count). The van der Waals surface area contributed by atoms with Gasteiger partial charge in [-0.1, -0.05) is 29.8 Å². The maximum absolute atomic E-state index is 12.3. The number of aromatic amines is 1. The lowest BCUT2D eigenvalue weighted by Gasteiger charge is -2.11. The number of fused-ring (bicyclic) bond motifs is 1. The third-order valence-electron chi connectivity index (χ3n) is 3.53. The van der Waals surface area contributed by atoms with E-state index >= 15 is 0 Å². The summed E-state index contributed by atoms with van der Waals surface area (Å²) in [5.74, 6) is -0.831. The summed E-state index contributed by atoms with van der Waals surface area (Å²) in [5.41, 5.74) is 1.62. The van der Waals surface area contributed by atoms with Crippen molar-refractivity contribution in [2.75, 3.05) is 0 Å². The second-order valence-electron chi connectivity index (χ2n) is 5.19. The van der Waals surface area contributed by atoms with E-state index in [4.69, 9.17) is 16.3 Å². The molecule has 0 saturated heterocycles. The summed E-state index contributed by atoms with van der Waals surface area (Å²) < 4.78 is 5.26. The monoisotopic (exact) mass is 327 g/mol. The molecule has 116 valence electrons. The highest BCUT2D eigenvalue weighted by Gasteiger charge is 2.21. The predicted molar refractivity (Wildman–Crippen MR) is 89.0 cm³/mol. The Labute approximate surface area is 138 Å². The number of hydrogen-bond donors (Lipinski definition) is 1. The largest absolute Gasteiger partial charge is 0.450 e. The van der Waals surface area contributed by atoms with E-state index in [0.717, 1.165) is 10.9 Å². The zero-order valence-electron chi connectivity index (χ0n) is 12.4. The fraction of sp³-hybridized carbons (Fsp3) is 0.111. The molecule has 0 amide bonds. The van der Waals surface area contributed by atoms with Crippen LogP contribution >= 0.6 is 11.6 Å². The third kappa shape index (κ3) is 3.27. The van der Waals surface area contributed by atoms with Crippen molar-refractivity contribution >= 4 is 34.3 Å². The van der Waals surface area contributed by atoms with Crippen molar-refractivity contribution in [3.05, 3.63) is 70.9 Å². The zero-order chi connectivity index (χ0) is 16.4. The molecule has 1 heterocycles. The number of nitrogens with one attached hydrogen (secondary N) is 1. The summed E-state index contributed by atoms with van der Waals surface area (Å²) in [5, 5.41) is 1.46. The maximum Gasteiger partial charge on any atom is 0.355 e. The molecule has 4 nitrogen and oxygen atoms in total. The maximum atomic E-state index is 12.3. The van der Waals surface area contributed by atoms with Gasteiger partial charge in [-0.25, -0.2) is 4.79 Å². The smallest absolute Gasteiger partial charge is 0.355 e. The van der Waals surface area contributed by atoms with Gasteiger partial charge in [0.1, 0.15) is 5.69 Å². The van der Waals surface area contributed by atoms with Gasteiger partial charge < -0.3 is 9.72 Å². The molecule has 0 aliphatic carbocycles. The van der Waals surface area contributed by atoms with Gasteiger partial charge in [0.05, 0.1) is 0 Å². The molecule has 0 bridgehead atoms. The molecule has 0 fully saturated rings. The molecule has 0 radical (unpaired) electrons. The first-order chi connectivity index (χ1) is 11.0. The van der Waals surface area contributed by atoms with Gasteiger partial charge in [0.2, 0.25) is 5.78 Å². The van der Waals surface area contributed by atoms with Gasteiger partial charge in [0.15, 0.2) is 6.10 Å². The number of H-pyrrole nitrogens is 1. The molecule has 0 unspecified atom stereocenters. The number of aromatic nitrogens is 1. The molecule has 0 aliphatic heterocycles. The summed E-state index contributed by atoms with van der Waals surface area (Å²) >= 11 is 5.80. The third-order valence-corrected chi connectivity index (χ3v) is 3.78. The Morgan fingerprint density at radius 3 is 2.48 bits per heavy atom. The van der Waals surface area contributed by atoms with Crippen LogP contribution in [0, 0.1) is 0 Å². The van der Waals surface area contributed by atoms with Gasteiger partial charge in [-0.3, -0.25) is 4.79 Å². The van der Waals surface area contributed by atoms with Crippen LogP contribution in [-0.4, -0.2) is 22.8 Å². The number of carbonyl (C=O) groups excluding carboxylic acids is 2. The average Bonchev–Trinajstić information content (AvgIpc) is 2.99. The van der Waals surface area contributed by atoms with Crippen LogP contribution in [0.25, 0.3) is 10.9 Å². The van der Waals surface area contributed by atoms with Gasteiger partial charge in [-0.2, -0.15) is 0 Å². The minimum Gasteiger partial charge on any atom is -0.450 e. The molecule has 0 aliphatic rings. The van der Waals surface area contributed by atoms with Gasteiger partial charge in [0, 0.05) is 21.5 Å². The molecule has 1 atom stereocenters. The molecule has 0 saturated carbocycles. The lowest BCUT2D eigenvalue weighted by molar-refractivity contribution is 0.0314. The SMILES string of the molecule is C[C@@H](OC(=O)c1cc2ccccc2[nH]1)C(=O)c1ccc(Cl)cc1. The summed E-state index contributed by atoms with van der Waals surface area (Å²) in [6.45, 7) is 1.55. The number of hydrogen-bond acceptors (Lipinski definition) is 3. The fourth-order valence-electron chi connectivity index (χ4n) is 2.31. The molecule has 2 aromatic carbocycles. The van der Waals surface area contributed by atoms with Gasteiger partial charge >= 0.3 is 5.97 Å². The topological polar surface area (TPSA) is 59.2 Å². The van der Waals surface area contributed by atoms with Crippen LogP contribution in [0.3, 0.4) is 0 Å². The van der Waals surface area contributed by atoms with E-state index in [0.29, 0.717) is 16.3 Å². The number of benzene rings is 2. The first kappa shape index (κ1) is 15.3. The first-order valence-corrected chi connectivity index (χ1v) is 7.51. The number of ether oxygens (including phenoxy) is 1. The van der Waals surface area contributed by atoms with Crippen LogP contribution < -0.4 is 0 Å². The van der Waals surface area contributed by atoms with Crippen molar-refractivity contribution in [1.29, 1.82) is 0 Å². The van der Waals surface area contributed by atoms with Crippen LogP contribution in [0.5, 0.6) is 0 Å². The number of esters is 1. The number of halogens is 1. The summed E-state index contributed by atoms with van der Waals surface area (Å²) in [6, 6.07) is 15.7. The van der Waals surface area contributed by atoms with E-state index in [2.05, 4.69) is 4.98 Å². The van der Waals surface area contributed by atoms with E-state index in [1.807, 2.05) is 24.3 Å². The fourth-order valence-corrected chi connectivity index (χ4v) is 2.44. The van der Waals surface area contributed by atoms with E-state index in [-0.39, 0.29) is 5.78 Å². The van der Waals surface area contributed by atoms with Crippen molar-refractivity contribution in [3.63, 3.8) is 0 Å². The Morgan fingerprint density at radius 2 is 1.78 bits per heavy atom. The molecule has 5 heteroatoms. The van der Waals surface area contributed by atoms with Crippen LogP contribution in [0.4, 0.5) is 0 Å². The molecule has 23 heavy (non-hydrogen) atoms. The highest BCUT2D eigenvalue weighted by Crippen LogP contribution is 2.17. The highest BCUT2D eigenvalue weighted by atomic mass is 35.5. The molecule has 3 aromatic rings. The van der Waals surface area contributed by atoms with Gasteiger partial charge in [-0.05, 0) is 43.3 Å². The number of para-hydroxylation sites is 1. The van der Waals surface area contributed by atoms with Crippen molar-refractivity contribution in [1.82, 2.24) is 4.98 Å². The van der Waals surface area contributed by atoms with Crippen LogP contribution in [-0.2, 0) is 4.74 Å². The van der Waals surface area contributed by atoms with Crippen molar-refractivity contribution in [2.45, 2.75) is 13.0 Å².